The quantitative estimate of drug-likeness (QED) is 0.378. The van der Waals surface area contributed by atoms with E-state index < -0.39 is 0 Å². The Morgan fingerprint density at radius 1 is 1.17 bits per heavy atom. The summed E-state index contributed by atoms with van der Waals surface area (Å²) in [4.78, 5) is 12.3. The number of rotatable bonds is 6. The average Bonchev–Trinajstić information content (AvgIpc) is 3.66. The number of aromatic nitrogens is 4. The van der Waals surface area contributed by atoms with Gasteiger partial charge in [0.05, 0.1) is 35.3 Å². The molecular weight excluding hydrogens is 446 g/mol. The van der Waals surface area contributed by atoms with Crippen LogP contribution in [0.15, 0.2) is 61.1 Å². The summed E-state index contributed by atoms with van der Waals surface area (Å²) >= 11 is 0. The molecule has 0 aliphatic carbocycles. The summed E-state index contributed by atoms with van der Waals surface area (Å²) in [7, 11) is 0. The molecule has 5 heterocycles. The monoisotopic (exact) mass is 477 g/mol. The lowest BCUT2D eigenvalue weighted by Crippen LogP contribution is -2.32. The Morgan fingerprint density at radius 2 is 2.03 bits per heavy atom. The largest absolute Gasteiger partial charge is 0.356 e. The molecule has 1 N–H and O–H groups in total. The van der Waals surface area contributed by atoms with E-state index in [1.54, 1.807) is 0 Å². The summed E-state index contributed by atoms with van der Waals surface area (Å²) in [5.74, 6) is 2.64. The Kier molecular flexibility index (Phi) is 5.82. The summed E-state index contributed by atoms with van der Waals surface area (Å²) in [6.07, 6.45) is 8.40. The highest BCUT2D eigenvalue weighted by molar-refractivity contribution is 5.72. The van der Waals surface area contributed by atoms with Gasteiger partial charge in [-0.2, -0.15) is 5.26 Å². The first-order valence-electron chi connectivity index (χ1n) is 12.9. The average molecular weight is 478 g/mol. The zero-order valence-electron chi connectivity index (χ0n) is 20.9. The molecule has 4 aromatic rings. The fraction of sp³-hybridized carbons (Fsp3) is 0.345. The molecule has 1 fully saturated rings. The molecule has 7 heteroatoms. The van der Waals surface area contributed by atoms with Crippen molar-refractivity contribution >= 4 is 5.82 Å². The minimum Gasteiger partial charge on any atom is -0.356 e. The van der Waals surface area contributed by atoms with Crippen LogP contribution in [-0.2, 0) is 6.54 Å². The van der Waals surface area contributed by atoms with E-state index in [4.69, 9.17) is 15.2 Å². The normalized spacial score (nSPS) is 17.1. The first-order chi connectivity index (χ1) is 17.6. The zero-order valence-corrected chi connectivity index (χ0v) is 20.9. The smallest absolute Gasteiger partial charge is 0.161 e. The van der Waals surface area contributed by atoms with E-state index in [9.17, 15) is 0 Å². The Balaban J connectivity index is 1.30. The van der Waals surface area contributed by atoms with Gasteiger partial charge in [-0.05, 0) is 68.1 Å². The van der Waals surface area contributed by atoms with Crippen LogP contribution in [-0.4, -0.2) is 44.8 Å². The van der Waals surface area contributed by atoms with Crippen molar-refractivity contribution in [1.29, 1.82) is 5.26 Å². The Hall–Kier alpha value is -3.89. The molecule has 0 bridgehead atoms. The molecular formula is C29H31N7. The summed E-state index contributed by atoms with van der Waals surface area (Å²) < 4.78 is 4.40. The lowest BCUT2D eigenvalue weighted by atomic mass is 10.1. The SMILES string of the molecule is CC[C@@H](C)NC[C@@H]1CCN(c2ccc3c(n2)Cn2cc(-c4ccc(C#N)cc4)cc2-c2nccn2-3)C1. The number of benzene rings is 1. The topological polar surface area (TPSA) is 74.7 Å². The first kappa shape index (κ1) is 22.6. The molecule has 0 saturated carbocycles. The third-order valence-electron chi connectivity index (χ3n) is 7.61. The van der Waals surface area contributed by atoms with Crippen molar-refractivity contribution in [3.05, 3.63) is 72.3 Å². The van der Waals surface area contributed by atoms with E-state index in [1.807, 2.05) is 36.7 Å². The molecule has 0 amide bonds. The van der Waals surface area contributed by atoms with Crippen LogP contribution in [0.25, 0.3) is 28.3 Å². The molecule has 2 atom stereocenters. The van der Waals surface area contributed by atoms with Gasteiger partial charge in [-0.3, -0.25) is 4.57 Å². The molecule has 1 saturated heterocycles. The standard InChI is InChI=1S/C29H31N7/c1-3-20(2)32-16-22-10-12-34(17-22)28-9-8-26-25(33-28)19-35-18-24(23-6-4-21(15-30)5-7-23)14-27(35)29-31-11-13-36(26)29/h4-9,11,13-14,18,20,22,32H,3,10,12,16-17,19H2,1-2H3/t20-,22+/m1/s1. The molecule has 6 rings (SSSR count). The molecule has 7 nitrogen and oxygen atoms in total. The maximum Gasteiger partial charge on any atom is 0.161 e. The van der Waals surface area contributed by atoms with Crippen molar-refractivity contribution in [3.8, 4) is 34.4 Å². The van der Waals surface area contributed by atoms with E-state index in [0.29, 0.717) is 24.1 Å². The number of fused-ring (bicyclic) bond motifs is 5. The van der Waals surface area contributed by atoms with Crippen molar-refractivity contribution in [2.75, 3.05) is 24.5 Å². The number of nitrogens with one attached hydrogen (secondary N) is 1. The fourth-order valence-electron chi connectivity index (χ4n) is 5.29. The van der Waals surface area contributed by atoms with E-state index in [2.05, 4.69) is 63.7 Å². The second-order valence-corrected chi connectivity index (χ2v) is 10.0. The molecule has 0 radical (unpaired) electrons. The van der Waals surface area contributed by atoms with Crippen LogP contribution in [0.3, 0.4) is 0 Å². The van der Waals surface area contributed by atoms with Gasteiger partial charge in [0.2, 0.25) is 0 Å². The van der Waals surface area contributed by atoms with E-state index in [1.165, 1.54) is 6.42 Å². The van der Waals surface area contributed by atoms with Crippen LogP contribution in [0, 0.1) is 17.2 Å². The van der Waals surface area contributed by atoms with E-state index in [-0.39, 0.29) is 0 Å². The highest BCUT2D eigenvalue weighted by Crippen LogP contribution is 2.34. The molecule has 1 aromatic carbocycles. The van der Waals surface area contributed by atoms with Crippen molar-refractivity contribution in [2.24, 2.45) is 5.92 Å². The van der Waals surface area contributed by atoms with Crippen molar-refractivity contribution in [2.45, 2.75) is 39.3 Å². The van der Waals surface area contributed by atoms with Gasteiger partial charge in [0.1, 0.15) is 5.82 Å². The maximum atomic E-state index is 9.14. The van der Waals surface area contributed by atoms with Crippen molar-refractivity contribution in [3.63, 3.8) is 0 Å². The molecule has 2 aliphatic rings. The summed E-state index contributed by atoms with van der Waals surface area (Å²) in [5, 5.41) is 12.8. The molecule has 0 spiro atoms. The third-order valence-corrected chi connectivity index (χ3v) is 7.61. The van der Waals surface area contributed by atoms with E-state index >= 15 is 0 Å². The van der Waals surface area contributed by atoms with Gasteiger partial charge in [-0.15, -0.1) is 0 Å². The van der Waals surface area contributed by atoms with Gasteiger partial charge in [-0.1, -0.05) is 19.1 Å². The van der Waals surface area contributed by atoms with Gasteiger partial charge in [-0.25, -0.2) is 9.97 Å². The fourth-order valence-corrected chi connectivity index (χ4v) is 5.29. The van der Waals surface area contributed by atoms with Crippen LogP contribution >= 0.6 is 0 Å². The van der Waals surface area contributed by atoms with Gasteiger partial charge in [0.15, 0.2) is 5.82 Å². The third kappa shape index (κ3) is 4.08. The number of nitrogens with zero attached hydrogens (tertiary/aromatic N) is 6. The number of anilines is 1. The van der Waals surface area contributed by atoms with Crippen LogP contribution < -0.4 is 10.2 Å². The number of nitriles is 1. The van der Waals surface area contributed by atoms with Gasteiger partial charge < -0.3 is 14.8 Å². The first-order valence-corrected chi connectivity index (χ1v) is 12.9. The van der Waals surface area contributed by atoms with Crippen molar-refractivity contribution in [1.82, 2.24) is 24.4 Å². The Labute approximate surface area is 212 Å². The lowest BCUT2D eigenvalue weighted by Gasteiger charge is -2.20. The molecule has 3 aromatic heterocycles. The summed E-state index contributed by atoms with van der Waals surface area (Å²) in [6, 6.07) is 17.0. The van der Waals surface area contributed by atoms with Crippen molar-refractivity contribution < 1.29 is 0 Å². The minimum atomic E-state index is 0.569. The molecule has 0 unspecified atom stereocenters. The predicted molar refractivity (Wildman–Crippen MR) is 142 cm³/mol. The molecule has 2 aliphatic heterocycles. The lowest BCUT2D eigenvalue weighted by molar-refractivity contribution is 0.456. The second-order valence-electron chi connectivity index (χ2n) is 10.0. The second kappa shape index (κ2) is 9.29. The van der Waals surface area contributed by atoms with Gasteiger partial charge in [0, 0.05) is 43.3 Å². The minimum absolute atomic E-state index is 0.569. The van der Waals surface area contributed by atoms with Crippen LogP contribution in [0.1, 0.15) is 37.9 Å². The highest BCUT2D eigenvalue weighted by atomic mass is 15.2. The summed E-state index contributed by atoms with van der Waals surface area (Å²) in [5.41, 5.74) is 6.07. The number of hydrogen-bond acceptors (Lipinski definition) is 5. The van der Waals surface area contributed by atoms with Crippen LogP contribution in [0.2, 0.25) is 0 Å². The Morgan fingerprint density at radius 3 is 2.83 bits per heavy atom. The zero-order chi connectivity index (χ0) is 24.6. The number of hydrogen-bond donors (Lipinski definition) is 1. The number of pyridine rings is 1. The van der Waals surface area contributed by atoms with Crippen LogP contribution in [0.5, 0.6) is 0 Å². The predicted octanol–water partition coefficient (Wildman–Crippen LogP) is 4.85. The van der Waals surface area contributed by atoms with Gasteiger partial charge in [0.25, 0.3) is 0 Å². The van der Waals surface area contributed by atoms with Crippen LogP contribution in [0.4, 0.5) is 5.82 Å². The molecule has 36 heavy (non-hydrogen) atoms. The summed E-state index contributed by atoms with van der Waals surface area (Å²) in [6.45, 7) is 8.33. The highest BCUT2D eigenvalue weighted by Gasteiger charge is 2.26. The Bertz CT molecular complexity index is 1420. The number of imidazole rings is 1. The van der Waals surface area contributed by atoms with Gasteiger partial charge >= 0.3 is 0 Å². The maximum absolute atomic E-state index is 9.14. The molecule has 182 valence electrons. The van der Waals surface area contributed by atoms with E-state index in [0.717, 1.165) is 65.9 Å².